The van der Waals surface area contributed by atoms with Gasteiger partial charge in [0.1, 0.15) is 0 Å². The SMILES string of the molecule is CC1(C)c2cc(C=Cc3ccc4cc(-c5ccccc5)c(-c5ccccc5)cc4c3)ccc2-c2ccc(N(c3ccccc3)c3ccccc3)cc21. The van der Waals surface area contributed by atoms with Crippen LogP contribution >= 0.6 is 0 Å². The van der Waals surface area contributed by atoms with Gasteiger partial charge >= 0.3 is 0 Å². The van der Waals surface area contributed by atoms with Crippen molar-refractivity contribution in [1.82, 2.24) is 0 Å². The molecule has 0 saturated heterocycles. The highest BCUT2D eigenvalue weighted by Gasteiger charge is 2.36. The molecule has 0 aliphatic heterocycles. The molecule has 0 fully saturated rings. The summed E-state index contributed by atoms with van der Waals surface area (Å²) in [5.74, 6) is 0. The molecule has 9 rings (SSSR count). The van der Waals surface area contributed by atoms with E-state index in [2.05, 4.69) is 219 Å². The van der Waals surface area contributed by atoms with Crippen molar-refractivity contribution in [2.45, 2.75) is 19.3 Å². The van der Waals surface area contributed by atoms with Gasteiger partial charge in [0, 0.05) is 22.5 Å². The maximum atomic E-state index is 2.40. The summed E-state index contributed by atoms with van der Waals surface area (Å²) in [5.41, 5.74) is 16.0. The highest BCUT2D eigenvalue weighted by atomic mass is 15.1. The van der Waals surface area contributed by atoms with Crippen molar-refractivity contribution in [3.8, 4) is 33.4 Å². The lowest BCUT2D eigenvalue weighted by Gasteiger charge is -2.28. The Hall–Kier alpha value is -6.44. The summed E-state index contributed by atoms with van der Waals surface area (Å²) in [4.78, 5) is 2.35. The van der Waals surface area contributed by atoms with Crippen LogP contribution in [0.15, 0.2) is 188 Å². The lowest BCUT2D eigenvalue weighted by atomic mass is 9.81. The first-order valence-electron chi connectivity index (χ1n) is 18.1. The monoisotopic (exact) mass is 665 g/mol. The van der Waals surface area contributed by atoms with E-state index in [9.17, 15) is 0 Å². The van der Waals surface area contributed by atoms with E-state index in [0.717, 1.165) is 11.4 Å². The fraction of sp³-hybridized carbons (Fsp3) is 0.0588. The summed E-state index contributed by atoms with van der Waals surface area (Å²) in [5, 5.41) is 2.48. The topological polar surface area (TPSA) is 3.24 Å². The number of nitrogens with zero attached hydrogens (tertiary/aromatic N) is 1. The van der Waals surface area contributed by atoms with E-state index in [1.807, 2.05) is 0 Å². The van der Waals surface area contributed by atoms with Crippen LogP contribution in [0.25, 0.3) is 56.3 Å². The van der Waals surface area contributed by atoms with Gasteiger partial charge in [-0.1, -0.05) is 159 Å². The molecule has 1 aliphatic rings. The summed E-state index contributed by atoms with van der Waals surface area (Å²) in [6, 6.07) is 68.1. The molecule has 0 spiro atoms. The molecule has 0 atom stereocenters. The van der Waals surface area contributed by atoms with Crippen LogP contribution in [0.5, 0.6) is 0 Å². The van der Waals surface area contributed by atoms with E-state index >= 15 is 0 Å². The van der Waals surface area contributed by atoms with Gasteiger partial charge in [-0.25, -0.2) is 0 Å². The Morgan fingerprint density at radius 2 is 0.827 bits per heavy atom. The van der Waals surface area contributed by atoms with Gasteiger partial charge in [0.05, 0.1) is 0 Å². The summed E-state index contributed by atoms with van der Waals surface area (Å²) < 4.78 is 0. The average Bonchev–Trinajstić information content (AvgIpc) is 3.43. The van der Waals surface area contributed by atoms with Crippen LogP contribution in [-0.4, -0.2) is 0 Å². The number of hydrogen-bond donors (Lipinski definition) is 0. The zero-order chi connectivity index (χ0) is 35.1. The second kappa shape index (κ2) is 13.0. The molecule has 1 heteroatoms. The van der Waals surface area contributed by atoms with Gasteiger partial charge in [-0.15, -0.1) is 0 Å². The second-order valence-electron chi connectivity index (χ2n) is 14.2. The molecule has 8 aromatic rings. The number of anilines is 3. The molecule has 0 aromatic heterocycles. The predicted molar refractivity (Wildman–Crippen MR) is 222 cm³/mol. The third-order valence-electron chi connectivity index (χ3n) is 10.6. The van der Waals surface area contributed by atoms with Gasteiger partial charge in [0.2, 0.25) is 0 Å². The van der Waals surface area contributed by atoms with Crippen LogP contribution < -0.4 is 4.90 Å². The molecule has 0 heterocycles. The molecule has 0 amide bonds. The van der Waals surface area contributed by atoms with Crippen molar-refractivity contribution in [3.05, 3.63) is 210 Å². The van der Waals surface area contributed by atoms with Crippen molar-refractivity contribution >= 4 is 40.0 Å². The summed E-state index contributed by atoms with van der Waals surface area (Å²) in [7, 11) is 0. The Balaban J connectivity index is 1.04. The molecule has 0 N–H and O–H groups in total. The van der Waals surface area contributed by atoms with Gasteiger partial charge in [0.15, 0.2) is 0 Å². The lowest BCUT2D eigenvalue weighted by Crippen LogP contribution is -2.16. The molecule has 8 aromatic carbocycles. The van der Waals surface area contributed by atoms with Crippen LogP contribution in [0.1, 0.15) is 36.1 Å². The van der Waals surface area contributed by atoms with Gasteiger partial charge in [-0.05, 0) is 121 Å². The Morgan fingerprint density at radius 1 is 0.365 bits per heavy atom. The van der Waals surface area contributed by atoms with E-state index in [-0.39, 0.29) is 5.41 Å². The van der Waals surface area contributed by atoms with E-state index in [0.29, 0.717) is 0 Å². The normalized spacial score (nSPS) is 12.9. The molecule has 0 unspecified atom stereocenters. The minimum atomic E-state index is -0.142. The smallest absolute Gasteiger partial charge is 0.0465 e. The van der Waals surface area contributed by atoms with E-state index in [4.69, 9.17) is 0 Å². The van der Waals surface area contributed by atoms with Gasteiger partial charge in [-0.2, -0.15) is 0 Å². The average molecular weight is 666 g/mol. The number of fused-ring (bicyclic) bond motifs is 4. The molecular formula is C51H39N. The number of benzene rings is 8. The first-order valence-corrected chi connectivity index (χ1v) is 18.1. The molecule has 1 aliphatic carbocycles. The van der Waals surface area contributed by atoms with E-state index in [1.54, 1.807) is 0 Å². The second-order valence-corrected chi connectivity index (χ2v) is 14.2. The maximum absolute atomic E-state index is 2.40. The van der Waals surface area contributed by atoms with Crippen LogP contribution in [0, 0.1) is 0 Å². The van der Waals surface area contributed by atoms with Crippen LogP contribution in [0.4, 0.5) is 17.1 Å². The Morgan fingerprint density at radius 3 is 1.40 bits per heavy atom. The molecule has 0 radical (unpaired) electrons. The van der Waals surface area contributed by atoms with Crippen molar-refractivity contribution in [1.29, 1.82) is 0 Å². The van der Waals surface area contributed by atoms with Crippen molar-refractivity contribution < 1.29 is 0 Å². The number of rotatable bonds is 7. The summed E-state index contributed by atoms with van der Waals surface area (Å²) in [6.45, 7) is 4.73. The molecule has 0 saturated carbocycles. The minimum absolute atomic E-state index is 0.142. The fourth-order valence-electron chi connectivity index (χ4n) is 7.91. The minimum Gasteiger partial charge on any atom is -0.310 e. The van der Waals surface area contributed by atoms with E-state index in [1.165, 1.54) is 72.1 Å². The molecule has 248 valence electrons. The summed E-state index contributed by atoms with van der Waals surface area (Å²) in [6.07, 6.45) is 4.51. The van der Waals surface area contributed by atoms with Gasteiger partial charge in [-0.3, -0.25) is 0 Å². The standard InChI is InChI=1S/C51H39N/c1-51(2)49-32-37(26-29-45(49)46-30-28-44(35-50(46)51)52(42-19-11-5-12-20-42)43-21-13-6-14-22-43)24-23-36-25-27-40-33-47(38-15-7-3-8-16-38)48(34-41(40)31-36)39-17-9-4-10-18-39/h3-35H,1-2H3. The predicted octanol–water partition coefficient (Wildman–Crippen LogP) is 14.1. The fourth-order valence-corrected chi connectivity index (χ4v) is 7.91. The highest BCUT2D eigenvalue weighted by molar-refractivity contribution is 5.97. The number of hydrogen-bond acceptors (Lipinski definition) is 1. The molecule has 0 bridgehead atoms. The van der Waals surface area contributed by atoms with Crippen molar-refractivity contribution in [2.24, 2.45) is 0 Å². The third kappa shape index (κ3) is 5.71. The van der Waals surface area contributed by atoms with E-state index < -0.39 is 0 Å². The van der Waals surface area contributed by atoms with Crippen LogP contribution in [0.3, 0.4) is 0 Å². The van der Waals surface area contributed by atoms with Crippen LogP contribution in [-0.2, 0) is 5.41 Å². The maximum Gasteiger partial charge on any atom is 0.0465 e. The Bertz CT molecular complexity index is 2530. The summed E-state index contributed by atoms with van der Waals surface area (Å²) >= 11 is 0. The molecular weight excluding hydrogens is 627 g/mol. The first kappa shape index (κ1) is 31.5. The number of para-hydroxylation sites is 2. The lowest BCUT2D eigenvalue weighted by molar-refractivity contribution is 0.660. The first-order chi connectivity index (χ1) is 25.5. The van der Waals surface area contributed by atoms with Crippen molar-refractivity contribution in [2.75, 3.05) is 4.90 Å². The quantitative estimate of drug-likeness (QED) is 0.153. The molecule has 52 heavy (non-hydrogen) atoms. The molecule has 1 nitrogen and oxygen atoms in total. The highest BCUT2D eigenvalue weighted by Crippen LogP contribution is 2.51. The zero-order valence-electron chi connectivity index (χ0n) is 29.5. The third-order valence-corrected chi connectivity index (χ3v) is 10.6. The Labute approximate surface area is 306 Å². The van der Waals surface area contributed by atoms with Gasteiger partial charge in [0.25, 0.3) is 0 Å². The Kier molecular flexibility index (Phi) is 7.90. The van der Waals surface area contributed by atoms with Crippen LogP contribution in [0.2, 0.25) is 0 Å². The van der Waals surface area contributed by atoms with Crippen molar-refractivity contribution in [3.63, 3.8) is 0 Å². The largest absolute Gasteiger partial charge is 0.310 e. The zero-order valence-corrected chi connectivity index (χ0v) is 29.5. The van der Waals surface area contributed by atoms with Gasteiger partial charge < -0.3 is 4.90 Å².